The molecule has 0 radical (unpaired) electrons. The zero-order chi connectivity index (χ0) is 11.7. The maximum Gasteiger partial charge on any atom is 0.266 e. The first kappa shape index (κ1) is 11.4. The number of piperazine rings is 1. The SMILES string of the molecule is CC1C(=O)NCCN1c1nc[nH]c(=O)c1I. The van der Waals surface area contributed by atoms with Gasteiger partial charge in [0.1, 0.15) is 15.4 Å². The minimum atomic E-state index is -0.295. The van der Waals surface area contributed by atoms with Crippen molar-refractivity contribution in [3.63, 3.8) is 0 Å². The minimum Gasteiger partial charge on any atom is -0.353 e. The van der Waals surface area contributed by atoms with Crippen LogP contribution in [0.4, 0.5) is 5.82 Å². The van der Waals surface area contributed by atoms with Gasteiger partial charge in [-0.15, -0.1) is 0 Å². The van der Waals surface area contributed by atoms with Crippen LogP contribution in [0.15, 0.2) is 11.1 Å². The lowest BCUT2D eigenvalue weighted by atomic mass is 10.2. The van der Waals surface area contributed by atoms with Gasteiger partial charge in [-0.2, -0.15) is 0 Å². The summed E-state index contributed by atoms with van der Waals surface area (Å²) in [7, 11) is 0. The number of carbonyl (C=O) groups excluding carboxylic acids is 1. The second-order valence-electron chi connectivity index (χ2n) is 3.53. The number of aromatic amines is 1. The summed E-state index contributed by atoms with van der Waals surface area (Å²) in [5, 5.41) is 2.77. The second-order valence-corrected chi connectivity index (χ2v) is 4.61. The van der Waals surface area contributed by atoms with Gasteiger partial charge >= 0.3 is 0 Å². The minimum absolute atomic E-state index is 0.0378. The Kier molecular flexibility index (Phi) is 3.13. The average Bonchev–Trinajstić information content (AvgIpc) is 2.27. The summed E-state index contributed by atoms with van der Waals surface area (Å²) in [5.74, 6) is 0.538. The number of carbonyl (C=O) groups is 1. The van der Waals surface area contributed by atoms with Crippen molar-refractivity contribution in [2.24, 2.45) is 0 Å². The number of aromatic nitrogens is 2. The van der Waals surface area contributed by atoms with Crippen LogP contribution in [0.2, 0.25) is 0 Å². The van der Waals surface area contributed by atoms with Crippen LogP contribution < -0.4 is 15.8 Å². The van der Waals surface area contributed by atoms with Crippen LogP contribution in [0.1, 0.15) is 6.92 Å². The van der Waals surface area contributed by atoms with Crippen molar-refractivity contribution in [3.05, 3.63) is 20.3 Å². The third-order valence-electron chi connectivity index (χ3n) is 2.55. The largest absolute Gasteiger partial charge is 0.353 e. The van der Waals surface area contributed by atoms with E-state index < -0.39 is 0 Å². The number of anilines is 1. The third-order valence-corrected chi connectivity index (χ3v) is 3.52. The summed E-state index contributed by atoms with van der Waals surface area (Å²) in [6, 6.07) is -0.295. The van der Waals surface area contributed by atoms with Gasteiger partial charge in [0.15, 0.2) is 0 Å². The van der Waals surface area contributed by atoms with E-state index in [2.05, 4.69) is 15.3 Å². The van der Waals surface area contributed by atoms with E-state index in [0.717, 1.165) is 0 Å². The Balaban J connectivity index is 2.40. The van der Waals surface area contributed by atoms with Gasteiger partial charge in [-0.3, -0.25) is 9.59 Å². The number of amides is 1. The number of hydrogen-bond donors (Lipinski definition) is 2. The van der Waals surface area contributed by atoms with Gasteiger partial charge < -0.3 is 15.2 Å². The molecule has 1 aliphatic rings. The summed E-state index contributed by atoms with van der Waals surface area (Å²) < 4.78 is 0.515. The Morgan fingerprint density at radius 2 is 2.31 bits per heavy atom. The maximum atomic E-state index is 11.5. The van der Waals surface area contributed by atoms with Crippen LogP contribution in [0.3, 0.4) is 0 Å². The number of hydrogen-bond acceptors (Lipinski definition) is 4. The van der Waals surface area contributed by atoms with Crippen molar-refractivity contribution in [1.29, 1.82) is 0 Å². The fourth-order valence-electron chi connectivity index (χ4n) is 1.65. The van der Waals surface area contributed by atoms with Crippen molar-refractivity contribution in [2.75, 3.05) is 18.0 Å². The first-order valence-corrected chi connectivity index (χ1v) is 5.96. The highest BCUT2D eigenvalue weighted by Crippen LogP contribution is 2.19. The van der Waals surface area contributed by atoms with E-state index in [4.69, 9.17) is 0 Å². The Morgan fingerprint density at radius 3 is 3.06 bits per heavy atom. The van der Waals surface area contributed by atoms with Gasteiger partial charge in [0.2, 0.25) is 5.91 Å². The molecule has 2 N–H and O–H groups in total. The van der Waals surface area contributed by atoms with Crippen LogP contribution >= 0.6 is 22.6 Å². The lowest BCUT2D eigenvalue weighted by Crippen LogP contribution is -2.54. The van der Waals surface area contributed by atoms with E-state index in [1.165, 1.54) is 6.33 Å². The van der Waals surface area contributed by atoms with Crippen LogP contribution in [0.5, 0.6) is 0 Å². The number of rotatable bonds is 1. The maximum absolute atomic E-state index is 11.5. The molecule has 1 fully saturated rings. The van der Waals surface area contributed by atoms with Crippen molar-refractivity contribution >= 4 is 34.3 Å². The van der Waals surface area contributed by atoms with E-state index in [0.29, 0.717) is 22.5 Å². The first-order chi connectivity index (χ1) is 7.61. The van der Waals surface area contributed by atoms with Gasteiger partial charge in [-0.1, -0.05) is 0 Å². The number of nitrogens with zero attached hydrogens (tertiary/aromatic N) is 2. The molecule has 0 aliphatic carbocycles. The molecule has 0 bridgehead atoms. The fourth-order valence-corrected chi connectivity index (χ4v) is 2.25. The summed E-state index contributed by atoms with van der Waals surface area (Å²) in [4.78, 5) is 31.4. The molecule has 16 heavy (non-hydrogen) atoms. The molecule has 1 amide bonds. The highest BCUT2D eigenvalue weighted by atomic mass is 127. The molecule has 1 aromatic rings. The normalized spacial score (nSPS) is 20.8. The molecule has 7 heteroatoms. The highest BCUT2D eigenvalue weighted by molar-refractivity contribution is 14.1. The topological polar surface area (TPSA) is 78.1 Å². The van der Waals surface area contributed by atoms with E-state index in [1.54, 1.807) is 6.92 Å². The predicted octanol–water partition coefficient (Wildman–Crippen LogP) is -0.301. The molecule has 2 rings (SSSR count). The molecule has 86 valence electrons. The van der Waals surface area contributed by atoms with Gasteiger partial charge in [0.05, 0.1) is 6.33 Å². The van der Waals surface area contributed by atoms with Gasteiger partial charge in [-0.05, 0) is 29.5 Å². The lowest BCUT2D eigenvalue weighted by molar-refractivity contribution is -0.122. The zero-order valence-corrected chi connectivity index (χ0v) is 10.8. The molecule has 0 spiro atoms. The summed E-state index contributed by atoms with van der Waals surface area (Å²) in [6.45, 7) is 3.04. The second kappa shape index (κ2) is 4.40. The van der Waals surface area contributed by atoms with Gasteiger partial charge in [-0.25, -0.2) is 4.98 Å². The quantitative estimate of drug-likeness (QED) is 0.692. The molecule has 1 atom stereocenters. The molecule has 2 heterocycles. The fraction of sp³-hybridized carbons (Fsp3) is 0.444. The molecular formula is C9H11IN4O2. The molecule has 1 saturated heterocycles. The summed E-state index contributed by atoms with van der Waals surface area (Å²) in [6.07, 6.45) is 1.36. The van der Waals surface area contributed by atoms with Crippen molar-refractivity contribution in [3.8, 4) is 0 Å². The molecule has 1 aromatic heterocycles. The molecule has 0 saturated carbocycles. The number of H-pyrrole nitrogens is 1. The number of halogens is 1. The predicted molar refractivity (Wildman–Crippen MR) is 67.4 cm³/mol. The van der Waals surface area contributed by atoms with E-state index >= 15 is 0 Å². The van der Waals surface area contributed by atoms with E-state index in [1.807, 2.05) is 27.5 Å². The number of nitrogens with one attached hydrogen (secondary N) is 2. The summed E-state index contributed by atoms with van der Waals surface area (Å²) >= 11 is 1.94. The van der Waals surface area contributed by atoms with Crippen LogP contribution in [-0.4, -0.2) is 35.0 Å². The molecule has 1 unspecified atom stereocenters. The highest BCUT2D eigenvalue weighted by Gasteiger charge is 2.28. The van der Waals surface area contributed by atoms with E-state index in [9.17, 15) is 9.59 Å². The summed E-state index contributed by atoms with van der Waals surface area (Å²) in [5.41, 5.74) is -0.177. The molecule has 1 aliphatic heterocycles. The van der Waals surface area contributed by atoms with E-state index in [-0.39, 0.29) is 17.5 Å². The third kappa shape index (κ3) is 1.91. The first-order valence-electron chi connectivity index (χ1n) is 4.89. The lowest BCUT2D eigenvalue weighted by Gasteiger charge is -2.33. The monoisotopic (exact) mass is 334 g/mol. The van der Waals surface area contributed by atoms with Crippen LogP contribution in [0.25, 0.3) is 0 Å². The zero-order valence-electron chi connectivity index (χ0n) is 8.66. The molecule has 6 nitrogen and oxygen atoms in total. The van der Waals surface area contributed by atoms with Crippen molar-refractivity contribution in [1.82, 2.24) is 15.3 Å². The molecular weight excluding hydrogens is 323 g/mol. The van der Waals surface area contributed by atoms with Crippen molar-refractivity contribution in [2.45, 2.75) is 13.0 Å². The Morgan fingerprint density at radius 1 is 1.56 bits per heavy atom. The van der Waals surface area contributed by atoms with Crippen LogP contribution in [-0.2, 0) is 4.79 Å². The van der Waals surface area contributed by atoms with Crippen molar-refractivity contribution < 1.29 is 4.79 Å². The van der Waals surface area contributed by atoms with Gasteiger partial charge in [0.25, 0.3) is 5.56 Å². The molecule has 0 aromatic carbocycles. The Bertz CT molecular complexity index is 473. The Labute approximate surface area is 106 Å². The smallest absolute Gasteiger partial charge is 0.266 e. The standard InChI is InChI=1S/C9H11IN4O2/c1-5-8(15)11-2-3-14(5)7-6(10)9(16)13-4-12-7/h4-5H,2-3H2,1H3,(H,11,15)(H,12,13,16). The van der Waals surface area contributed by atoms with Gasteiger partial charge in [0, 0.05) is 13.1 Å². The van der Waals surface area contributed by atoms with Crippen LogP contribution in [0, 0.1) is 3.57 Å². The Hall–Kier alpha value is -1.12. The average molecular weight is 334 g/mol.